The minimum atomic E-state index is 0. The topological polar surface area (TPSA) is 0 Å². The third-order valence-corrected chi connectivity index (χ3v) is 14.0. The van der Waals surface area contributed by atoms with Crippen LogP contribution in [0.15, 0.2) is 0 Å². The van der Waals surface area contributed by atoms with Crippen molar-refractivity contribution in [1.29, 1.82) is 0 Å². The molecule has 37 heavy (non-hydrogen) atoms. The summed E-state index contributed by atoms with van der Waals surface area (Å²) >= 11 is 0. The van der Waals surface area contributed by atoms with Crippen LogP contribution >= 0.6 is 0 Å². The van der Waals surface area contributed by atoms with E-state index in [1.165, 1.54) is 103 Å². The zero-order valence-electron chi connectivity index (χ0n) is 26.0. The SMILES string of the molecule is CC1C[C-]2CCC1(C)C2.CC1C[C-]2CCC1(C)C2.CC1C[C-]2CCC1(C)C2.CC1C[C-]2CCC1(C)C2.[Cr+4]. The van der Waals surface area contributed by atoms with Gasteiger partial charge in [0.05, 0.1) is 0 Å². The molecule has 0 saturated heterocycles. The van der Waals surface area contributed by atoms with Crippen molar-refractivity contribution in [1.82, 2.24) is 0 Å². The molecule has 0 nitrogen and oxygen atoms in total. The molecule has 1 heteroatoms. The molecule has 0 aliphatic heterocycles. The summed E-state index contributed by atoms with van der Waals surface area (Å²) in [7, 11) is 0. The minimum absolute atomic E-state index is 0. The monoisotopic (exact) mass is 544 g/mol. The van der Waals surface area contributed by atoms with Gasteiger partial charge in [0.2, 0.25) is 0 Å². The quantitative estimate of drug-likeness (QED) is 0.266. The van der Waals surface area contributed by atoms with Crippen LogP contribution in [0, 0.1) is 69.0 Å². The average molecular weight is 545 g/mol. The van der Waals surface area contributed by atoms with Gasteiger partial charge in [0, 0.05) is 0 Å². The summed E-state index contributed by atoms with van der Waals surface area (Å²) in [5.74, 6) is 11.4. The third kappa shape index (κ3) is 6.10. The Labute approximate surface area is 243 Å². The fourth-order valence-electron chi connectivity index (χ4n) is 9.94. The fourth-order valence-corrected chi connectivity index (χ4v) is 9.94. The molecule has 8 unspecified atom stereocenters. The van der Waals surface area contributed by atoms with Crippen LogP contribution < -0.4 is 0 Å². The molecule has 8 saturated carbocycles. The minimum Gasteiger partial charge on any atom is -0.313 e. The summed E-state index contributed by atoms with van der Waals surface area (Å²) in [5, 5.41) is 0. The summed E-state index contributed by atoms with van der Waals surface area (Å²) in [4.78, 5) is 0. The van der Waals surface area contributed by atoms with Crippen molar-refractivity contribution in [3.63, 3.8) is 0 Å². The molecule has 0 heterocycles. The molecule has 0 aromatic heterocycles. The van der Waals surface area contributed by atoms with Crippen molar-refractivity contribution in [2.24, 2.45) is 45.3 Å². The van der Waals surface area contributed by atoms with Gasteiger partial charge in [-0.15, -0.1) is 0 Å². The van der Waals surface area contributed by atoms with E-state index < -0.39 is 0 Å². The van der Waals surface area contributed by atoms with E-state index in [0.717, 1.165) is 45.3 Å². The largest absolute Gasteiger partial charge is 4.00 e. The van der Waals surface area contributed by atoms with Gasteiger partial charge in [-0.2, -0.15) is 77.0 Å². The molecule has 210 valence electrons. The van der Waals surface area contributed by atoms with Gasteiger partial charge in [-0.3, -0.25) is 0 Å². The predicted molar refractivity (Wildman–Crippen MR) is 156 cm³/mol. The van der Waals surface area contributed by atoms with Crippen LogP contribution in [0.1, 0.15) is 158 Å². The summed E-state index contributed by atoms with van der Waals surface area (Å²) in [5.41, 5.74) is 2.93. The van der Waals surface area contributed by atoms with Gasteiger partial charge in [-0.25, -0.2) is 0 Å². The van der Waals surface area contributed by atoms with Gasteiger partial charge in [-0.1, -0.05) is 126 Å². The van der Waals surface area contributed by atoms with E-state index in [9.17, 15) is 0 Å². The van der Waals surface area contributed by atoms with E-state index in [1.54, 1.807) is 0 Å². The van der Waals surface area contributed by atoms with Crippen molar-refractivity contribution in [3.05, 3.63) is 23.7 Å². The second kappa shape index (κ2) is 11.1. The van der Waals surface area contributed by atoms with Gasteiger partial charge in [0.15, 0.2) is 0 Å². The van der Waals surface area contributed by atoms with E-state index in [0.29, 0.717) is 0 Å². The Morgan fingerprint density at radius 3 is 0.649 bits per heavy atom. The smallest absolute Gasteiger partial charge is 0.313 e. The molecular weight excluding hydrogens is 484 g/mol. The molecule has 8 aliphatic rings. The van der Waals surface area contributed by atoms with Crippen molar-refractivity contribution >= 4 is 0 Å². The van der Waals surface area contributed by atoms with Crippen molar-refractivity contribution in [2.75, 3.05) is 0 Å². The van der Waals surface area contributed by atoms with Crippen molar-refractivity contribution in [3.8, 4) is 0 Å². The summed E-state index contributed by atoms with van der Waals surface area (Å²) in [6, 6.07) is 0. The van der Waals surface area contributed by atoms with Crippen molar-refractivity contribution < 1.29 is 17.4 Å². The zero-order valence-corrected chi connectivity index (χ0v) is 27.3. The van der Waals surface area contributed by atoms with Crippen LogP contribution in [-0.2, 0) is 17.4 Å². The van der Waals surface area contributed by atoms with Gasteiger partial charge in [0.25, 0.3) is 0 Å². The molecule has 0 amide bonds. The maximum absolute atomic E-state index is 2.46. The third-order valence-electron chi connectivity index (χ3n) is 14.0. The van der Waals surface area contributed by atoms with E-state index in [4.69, 9.17) is 0 Å². The number of hydrogen-bond acceptors (Lipinski definition) is 0. The summed E-state index contributed by atoms with van der Waals surface area (Å²) in [6.45, 7) is 19.5. The maximum atomic E-state index is 2.46. The molecule has 8 aliphatic carbocycles. The van der Waals surface area contributed by atoms with E-state index >= 15 is 0 Å². The first-order valence-corrected chi connectivity index (χ1v) is 16.2. The van der Waals surface area contributed by atoms with Gasteiger partial charge in [0.1, 0.15) is 0 Å². The normalized spacial score (nSPS) is 49.3. The first-order chi connectivity index (χ1) is 16.8. The van der Waals surface area contributed by atoms with Crippen LogP contribution in [0.2, 0.25) is 0 Å². The first kappa shape index (κ1) is 30.5. The Balaban J connectivity index is 0.000000114. The second-order valence-electron chi connectivity index (χ2n) is 16.7. The molecule has 0 aromatic carbocycles. The Hall–Kier alpha value is 0.532. The van der Waals surface area contributed by atoms with E-state index in [1.807, 2.05) is 23.7 Å². The molecule has 0 N–H and O–H groups in total. The van der Waals surface area contributed by atoms with Crippen LogP contribution in [-0.4, -0.2) is 0 Å². The molecular formula is C36H60Cr. The molecule has 0 spiro atoms. The molecule has 0 aromatic rings. The fraction of sp³-hybridized carbons (Fsp3) is 0.889. The number of fused-ring (bicyclic) bond motifs is 8. The first-order valence-electron chi connectivity index (χ1n) is 16.2. The summed E-state index contributed by atoms with van der Waals surface area (Å²) < 4.78 is 0. The molecule has 8 rings (SSSR count). The van der Waals surface area contributed by atoms with Crippen LogP contribution in [0.4, 0.5) is 0 Å². The number of rotatable bonds is 0. The van der Waals surface area contributed by atoms with Gasteiger partial charge in [-0.05, 0) is 0 Å². The van der Waals surface area contributed by atoms with Gasteiger partial charge < -0.3 is 23.7 Å². The standard InChI is InChI=1S/4C9H15.Cr/c4*1-7-5-8-3-4-9(7,2)6-8;/h4*7H,3-6H2,1-2H3;/q4*-1;+4. The number of hydrogen-bond donors (Lipinski definition) is 0. The maximum Gasteiger partial charge on any atom is 4.00 e. The van der Waals surface area contributed by atoms with E-state index in [-0.39, 0.29) is 17.4 Å². The molecule has 8 fully saturated rings. The molecule has 8 bridgehead atoms. The van der Waals surface area contributed by atoms with Crippen LogP contribution in [0.25, 0.3) is 0 Å². The Morgan fingerprint density at radius 2 is 0.595 bits per heavy atom. The second-order valence-corrected chi connectivity index (χ2v) is 16.7. The Kier molecular flexibility index (Phi) is 9.13. The Morgan fingerprint density at radius 1 is 0.405 bits per heavy atom. The Bertz CT molecular complexity index is 647. The van der Waals surface area contributed by atoms with Crippen LogP contribution in [0.5, 0.6) is 0 Å². The predicted octanol–water partition coefficient (Wildman–Crippen LogP) is 11.2. The zero-order chi connectivity index (χ0) is 25.9. The van der Waals surface area contributed by atoms with Crippen LogP contribution in [0.3, 0.4) is 0 Å². The van der Waals surface area contributed by atoms with E-state index in [2.05, 4.69) is 55.4 Å². The average Bonchev–Trinajstić information content (AvgIpc) is 3.65. The molecule has 0 radical (unpaired) electrons. The van der Waals surface area contributed by atoms with Crippen molar-refractivity contribution in [2.45, 2.75) is 158 Å². The summed E-state index contributed by atoms with van der Waals surface area (Å²) in [6.07, 6.45) is 23.3. The molecule has 8 atom stereocenters. The van der Waals surface area contributed by atoms with Gasteiger partial charge >= 0.3 is 17.4 Å².